The van der Waals surface area contributed by atoms with Crippen LogP contribution in [0.15, 0.2) is 77.3 Å². The topological polar surface area (TPSA) is 52.7 Å². The van der Waals surface area contributed by atoms with Crippen LogP contribution in [0.1, 0.15) is 0 Å². The number of imidazole rings is 1. The third-order valence-electron chi connectivity index (χ3n) is 3.91. The summed E-state index contributed by atoms with van der Waals surface area (Å²) < 4.78 is 1.03. The number of hydrogen-bond acceptors (Lipinski definition) is 2. The maximum absolute atomic E-state index is 5.37. The molecule has 0 aliphatic heterocycles. The van der Waals surface area contributed by atoms with Gasteiger partial charge in [-0.1, -0.05) is 28.1 Å². The molecule has 4 rings (SSSR count). The molecule has 26 heavy (non-hydrogen) atoms. The number of para-hydroxylation sites is 2. The minimum Gasteiger partial charge on any atom is -0.338 e. The Balaban J connectivity index is 1.45. The fraction of sp³-hybridized carbons (Fsp3) is 0. The fourth-order valence-corrected chi connectivity index (χ4v) is 3.13. The van der Waals surface area contributed by atoms with Crippen LogP contribution in [-0.4, -0.2) is 15.1 Å². The summed E-state index contributed by atoms with van der Waals surface area (Å²) in [5, 5.41) is 6.90. The highest BCUT2D eigenvalue weighted by Crippen LogP contribution is 2.22. The summed E-state index contributed by atoms with van der Waals surface area (Å²) in [5.74, 6) is 0.855. The van der Waals surface area contributed by atoms with Crippen LogP contribution in [0.4, 0.5) is 11.4 Å². The number of H-pyrrole nitrogens is 1. The first-order chi connectivity index (χ1) is 12.7. The number of anilines is 2. The first-order valence-corrected chi connectivity index (χ1v) is 9.26. The van der Waals surface area contributed by atoms with Gasteiger partial charge in [0.2, 0.25) is 0 Å². The van der Waals surface area contributed by atoms with E-state index in [2.05, 4.69) is 36.5 Å². The zero-order valence-corrected chi connectivity index (χ0v) is 16.1. The lowest BCUT2D eigenvalue weighted by atomic mass is 10.2. The van der Waals surface area contributed by atoms with E-state index in [1.54, 1.807) is 0 Å². The van der Waals surface area contributed by atoms with Crippen LogP contribution in [0, 0.1) is 0 Å². The van der Waals surface area contributed by atoms with Gasteiger partial charge in [-0.25, -0.2) is 4.98 Å². The van der Waals surface area contributed by atoms with E-state index in [4.69, 9.17) is 12.2 Å². The van der Waals surface area contributed by atoms with Gasteiger partial charge >= 0.3 is 0 Å². The van der Waals surface area contributed by atoms with E-state index >= 15 is 0 Å². The molecule has 0 unspecified atom stereocenters. The van der Waals surface area contributed by atoms with Crippen molar-refractivity contribution < 1.29 is 0 Å². The van der Waals surface area contributed by atoms with Gasteiger partial charge in [0.1, 0.15) is 5.82 Å². The molecule has 0 aliphatic rings. The van der Waals surface area contributed by atoms with Crippen LogP contribution in [0.3, 0.4) is 0 Å². The van der Waals surface area contributed by atoms with Crippen molar-refractivity contribution in [3.05, 3.63) is 77.3 Å². The third kappa shape index (κ3) is 3.76. The Morgan fingerprint density at radius 2 is 1.46 bits per heavy atom. The van der Waals surface area contributed by atoms with E-state index < -0.39 is 0 Å². The highest BCUT2D eigenvalue weighted by Gasteiger charge is 2.05. The number of nitrogens with zero attached hydrogens (tertiary/aromatic N) is 1. The molecule has 0 bridgehead atoms. The molecule has 0 aliphatic carbocycles. The van der Waals surface area contributed by atoms with Gasteiger partial charge in [-0.2, -0.15) is 0 Å². The number of benzene rings is 3. The van der Waals surface area contributed by atoms with Gasteiger partial charge in [0.25, 0.3) is 0 Å². The number of thiocarbonyl (C=S) groups is 1. The standard InChI is InChI=1S/C20H15BrN4S/c21-14-7-11-16(12-8-14)23-20(26)22-15-9-5-13(6-10-15)19-24-17-3-1-2-4-18(17)25-19/h1-12H,(H,24,25)(H2,22,23,26). The number of halogens is 1. The first-order valence-electron chi connectivity index (χ1n) is 8.06. The lowest BCUT2D eigenvalue weighted by Gasteiger charge is -2.11. The van der Waals surface area contributed by atoms with Crippen LogP contribution in [0.25, 0.3) is 22.4 Å². The molecule has 1 aromatic heterocycles. The number of hydrogen-bond donors (Lipinski definition) is 3. The Bertz CT molecular complexity index is 1020. The van der Waals surface area contributed by atoms with Gasteiger partial charge < -0.3 is 15.6 Å². The van der Waals surface area contributed by atoms with E-state index in [-0.39, 0.29) is 0 Å². The highest BCUT2D eigenvalue weighted by atomic mass is 79.9. The van der Waals surface area contributed by atoms with Crippen molar-refractivity contribution in [3.63, 3.8) is 0 Å². The summed E-state index contributed by atoms with van der Waals surface area (Å²) in [5.41, 5.74) is 4.87. The van der Waals surface area contributed by atoms with Gasteiger partial charge in [0, 0.05) is 21.4 Å². The van der Waals surface area contributed by atoms with Crippen molar-refractivity contribution in [2.75, 3.05) is 10.6 Å². The molecule has 3 N–H and O–H groups in total. The molecule has 0 spiro atoms. The number of rotatable bonds is 3. The molecule has 0 fully saturated rings. The van der Waals surface area contributed by atoms with Crippen molar-refractivity contribution in [2.24, 2.45) is 0 Å². The van der Waals surface area contributed by atoms with E-state index in [1.807, 2.05) is 72.8 Å². The molecule has 4 aromatic rings. The lowest BCUT2D eigenvalue weighted by Crippen LogP contribution is -2.18. The Labute approximate surface area is 164 Å². The molecular weight excluding hydrogens is 408 g/mol. The second-order valence-electron chi connectivity index (χ2n) is 5.77. The second kappa shape index (κ2) is 7.27. The average Bonchev–Trinajstić information content (AvgIpc) is 3.08. The Morgan fingerprint density at radius 1 is 0.846 bits per heavy atom. The zero-order chi connectivity index (χ0) is 17.9. The molecule has 4 nitrogen and oxygen atoms in total. The number of aromatic nitrogens is 2. The van der Waals surface area contributed by atoms with E-state index in [0.717, 1.165) is 38.3 Å². The molecule has 1 heterocycles. The number of nitrogens with one attached hydrogen (secondary N) is 3. The molecule has 0 atom stereocenters. The summed E-state index contributed by atoms with van der Waals surface area (Å²) in [6.45, 7) is 0. The molecular formula is C20H15BrN4S. The Morgan fingerprint density at radius 3 is 2.12 bits per heavy atom. The zero-order valence-electron chi connectivity index (χ0n) is 13.7. The highest BCUT2D eigenvalue weighted by molar-refractivity contribution is 9.10. The molecule has 0 saturated carbocycles. The molecule has 0 saturated heterocycles. The Hall–Kier alpha value is -2.70. The van der Waals surface area contributed by atoms with Crippen LogP contribution in [0.2, 0.25) is 0 Å². The van der Waals surface area contributed by atoms with E-state index in [1.165, 1.54) is 0 Å². The van der Waals surface area contributed by atoms with Crippen LogP contribution < -0.4 is 10.6 Å². The first kappa shape index (κ1) is 16.8. The largest absolute Gasteiger partial charge is 0.338 e. The molecule has 3 aromatic carbocycles. The SMILES string of the molecule is S=C(Nc1ccc(Br)cc1)Nc1ccc(-c2nc3ccccc3[nH]2)cc1. The molecule has 0 radical (unpaired) electrons. The van der Waals surface area contributed by atoms with Crippen molar-refractivity contribution in [1.82, 2.24) is 9.97 Å². The summed E-state index contributed by atoms with van der Waals surface area (Å²) in [7, 11) is 0. The van der Waals surface area contributed by atoms with Gasteiger partial charge in [-0.3, -0.25) is 0 Å². The summed E-state index contributed by atoms with van der Waals surface area (Å²) in [6.07, 6.45) is 0. The van der Waals surface area contributed by atoms with Gasteiger partial charge in [0.15, 0.2) is 5.11 Å². The van der Waals surface area contributed by atoms with Crippen molar-refractivity contribution in [3.8, 4) is 11.4 Å². The molecule has 128 valence electrons. The number of aromatic amines is 1. The van der Waals surface area contributed by atoms with Crippen molar-refractivity contribution >= 4 is 55.7 Å². The third-order valence-corrected chi connectivity index (χ3v) is 4.64. The van der Waals surface area contributed by atoms with Gasteiger partial charge in [0.05, 0.1) is 11.0 Å². The van der Waals surface area contributed by atoms with E-state index in [9.17, 15) is 0 Å². The number of fused-ring (bicyclic) bond motifs is 1. The summed E-state index contributed by atoms with van der Waals surface area (Å²) in [4.78, 5) is 7.95. The minimum atomic E-state index is 0.545. The predicted octanol–water partition coefficient (Wildman–Crippen LogP) is 5.80. The monoisotopic (exact) mass is 422 g/mol. The van der Waals surface area contributed by atoms with E-state index in [0.29, 0.717) is 5.11 Å². The lowest BCUT2D eigenvalue weighted by molar-refractivity contribution is 1.34. The van der Waals surface area contributed by atoms with Gasteiger partial charge in [-0.15, -0.1) is 0 Å². The fourth-order valence-electron chi connectivity index (χ4n) is 2.63. The van der Waals surface area contributed by atoms with Crippen LogP contribution in [-0.2, 0) is 0 Å². The smallest absolute Gasteiger partial charge is 0.175 e. The Kier molecular flexibility index (Phi) is 4.69. The minimum absolute atomic E-state index is 0.545. The van der Waals surface area contributed by atoms with Crippen molar-refractivity contribution in [2.45, 2.75) is 0 Å². The maximum Gasteiger partial charge on any atom is 0.175 e. The van der Waals surface area contributed by atoms with Crippen molar-refractivity contribution in [1.29, 1.82) is 0 Å². The summed E-state index contributed by atoms with van der Waals surface area (Å²) >= 11 is 8.79. The average molecular weight is 423 g/mol. The molecule has 0 amide bonds. The summed E-state index contributed by atoms with van der Waals surface area (Å²) in [6, 6.07) is 23.9. The molecule has 6 heteroatoms. The van der Waals surface area contributed by atoms with Crippen LogP contribution in [0.5, 0.6) is 0 Å². The normalized spacial score (nSPS) is 10.7. The predicted molar refractivity (Wildman–Crippen MR) is 116 cm³/mol. The van der Waals surface area contributed by atoms with Gasteiger partial charge in [-0.05, 0) is 72.9 Å². The second-order valence-corrected chi connectivity index (χ2v) is 7.09. The van der Waals surface area contributed by atoms with Crippen LogP contribution >= 0.6 is 28.1 Å². The quantitative estimate of drug-likeness (QED) is 0.365. The maximum atomic E-state index is 5.37.